The third-order valence-corrected chi connectivity index (χ3v) is 2.65. The minimum absolute atomic E-state index is 0.428. The highest BCUT2D eigenvalue weighted by molar-refractivity contribution is 5.78. The molecule has 0 unspecified atom stereocenters. The average Bonchev–Trinajstić information content (AvgIpc) is 2.37. The van der Waals surface area contributed by atoms with Gasteiger partial charge in [-0.3, -0.25) is 0 Å². The Kier molecular flexibility index (Phi) is 3.42. The lowest BCUT2D eigenvalue weighted by atomic mass is 9.99. The summed E-state index contributed by atoms with van der Waals surface area (Å²) in [5.41, 5.74) is 1.79. The highest BCUT2D eigenvalue weighted by atomic mass is 19.1. The molecular weight excluding hydrogens is 234 g/mol. The molecule has 1 nitrogen and oxygen atoms in total. The van der Waals surface area contributed by atoms with Crippen LogP contribution in [0.3, 0.4) is 0 Å². The molecule has 0 spiro atoms. The number of ether oxygens (including phenoxy) is 1. The van der Waals surface area contributed by atoms with Crippen LogP contribution in [0.15, 0.2) is 49.0 Å². The molecule has 0 fully saturated rings. The van der Waals surface area contributed by atoms with Gasteiger partial charge >= 0.3 is 0 Å². The number of rotatable bonds is 3. The lowest BCUT2D eigenvalue weighted by molar-refractivity contribution is 0.415. The van der Waals surface area contributed by atoms with E-state index in [2.05, 4.69) is 6.58 Å². The topological polar surface area (TPSA) is 9.23 Å². The second-order valence-electron chi connectivity index (χ2n) is 3.87. The van der Waals surface area contributed by atoms with Crippen molar-refractivity contribution in [2.24, 2.45) is 0 Å². The predicted molar refractivity (Wildman–Crippen MR) is 67.5 cm³/mol. The first kappa shape index (κ1) is 12.3. The summed E-state index contributed by atoms with van der Waals surface area (Å²) < 4.78 is 31.3. The van der Waals surface area contributed by atoms with Gasteiger partial charge in [-0.25, -0.2) is 8.78 Å². The van der Waals surface area contributed by atoms with Crippen molar-refractivity contribution in [1.29, 1.82) is 0 Å². The van der Waals surface area contributed by atoms with Crippen molar-refractivity contribution in [3.8, 4) is 5.75 Å². The van der Waals surface area contributed by atoms with E-state index in [0.29, 0.717) is 11.1 Å². The van der Waals surface area contributed by atoms with Crippen LogP contribution in [0.1, 0.15) is 11.1 Å². The summed E-state index contributed by atoms with van der Waals surface area (Å²) in [5.74, 6) is -0.503. The summed E-state index contributed by atoms with van der Waals surface area (Å²) >= 11 is 0. The Balaban J connectivity index is 2.34. The second-order valence-corrected chi connectivity index (χ2v) is 3.87. The standard InChI is InChI=1S/C15H12F2O/c1-10(11-3-5-15(18-2)6-4-11)12-7-13(16)9-14(17)8-12/h3-9H,1H2,2H3. The lowest BCUT2D eigenvalue weighted by Gasteiger charge is -2.08. The zero-order chi connectivity index (χ0) is 13.1. The maximum Gasteiger partial charge on any atom is 0.126 e. The molecule has 18 heavy (non-hydrogen) atoms. The van der Waals surface area contributed by atoms with Crippen LogP contribution in [0.5, 0.6) is 5.75 Å². The summed E-state index contributed by atoms with van der Waals surface area (Å²) in [6.45, 7) is 3.86. The summed E-state index contributed by atoms with van der Waals surface area (Å²) in [6.07, 6.45) is 0. The summed E-state index contributed by atoms with van der Waals surface area (Å²) in [4.78, 5) is 0. The molecule has 0 heterocycles. The fourth-order valence-corrected chi connectivity index (χ4v) is 1.69. The zero-order valence-electron chi connectivity index (χ0n) is 9.91. The second kappa shape index (κ2) is 5.00. The Morgan fingerprint density at radius 2 is 1.50 bits per heavy atom. The van der Waals surface area contributed by atoms with Gasteiger partial charge in [0.15, 0.2) is 0 Å². The molecule has 2 rings (SSSR count). The lowest BCUT2D eigenvalue weighted by Crippen LogP contribution is -1.90. The molecule has 0 amide bonds. The van der Waals surface area contributed by atoms with Gasteiger partial charge in [-0.1, -0.05) is 18.7 Å². The van der Waals surface area contributed by atoms with Crippen molar-refractivity contribution in [3.63, 3.8) is 0 Å². The predicted octanol–water partition coefficient (Wildman–Crippen LogP) is 4.03. The van der Waals surface area contributed by atoms with Gasteiger partial charge in [0, 0.05) is 6.07 Å². The number of methoxy groups -OCH3 is 1. The third-order valence-electron chi connectivity index (χ3n) is 2.65. The van der Waals surface area contributed by atoms with Crippen molar-refractivity contribution in [1.82, 2.24) is 0 Å². The van der Waals surface area contributed by atoms with Gasteiger partial charge in [-0.2, -0.15) is 0 Å². The van der Waals surface area contributed by atoms with Crippen LogP contribution in [-0.2, 0) is 0 Å². The molecular formula is C15H12F2O. The summed E-state index contributed by atoms with van der Waals surface area (Å²) in [7, 11) is 1.58. The van der Waals surface area contributed by atoms with E-state index in [-0.39, 0.29) is 0 Å². The molecule has 0 N–H and O–H groups in total. The van der Waals surface area contributed by atoms with Crippen molar-refractivity contribution in [2.45, 2.75) is 0 Å². The van der Waals surface area contributed by atoms with Crippen LogP contribution in [0.2, 0.25) is 0 Å². The molecule has 0 aliphatic carbocycles. The Hall–Kier alpha value is -2.16. The van der Waals surface area contributed by atoms with Gasteiger partial charge in [0.2, 0.25) is 0 Å². The molecule has 92 valence electrons. The monoisotopic (exact) mass is 246 g/mol. The first-order chi connectivity index (χ1) is 8.60. The van der Waals surface area contributed by atoms with Gasteiger partial charge in [0.25, 0.3) is 0 Å². The molecule has 2 aromatic carbocycles. The number of hydrogen-bond acceptors (Lipinski definition) is 1. The highest BCUT2D eigenvalue weighted by Gasteiger charge is 2.06. The molecule has 0 aliphatic heterocycles. The SMILES string of the molecule is C=C(c1ccc(OC)cc1)c1cc(F)cc(F)c1. The third kappa shape index (κ3) is 2.56. The van der Waals surface area contributed by atoms with Crippen molar-refractivity contribution < 1.29 is 13.5 Å². The fourth-order valence-electron chi connectivity index (χ4n) is 1.69. The van der Waals surface area contributed by atoms with Crippen molar-refractivity contribution in [2.75, 3.05) is 7.11 Å². The van der Waals surface area contributed by atoms with E-state index in [4.69, 9.17) is 4.74 Å². The van der Waals surface area contributed by atoms with E-state index in [9.17, 15) is 8.78 Å². The van der Waals surface area contributed by atoms with Gasteiger partial charge < -0.3 is 4.74 Å². The normalized spacial score (nSPS) is 10.2. The number of benzene rings is 2. The van der Waals surface area contributed by atoms with E-state index in [1.807, 2.05) is 0 Å². The number of halogens is 2. The van der Waals surface area contributed by atoms with Crippen LogP contribution in [0.4, 0.5) is 8.78 Å². The highest BCUT2D eigenvalue weighted by Crippen LogP contribution is 2.24. The van der Waals surface area contributed by atoms with Crippen LogP contribution in [-0.4, -0.2) is 7.11 Å². The molecule has 3 heteroatoms. The Morgan fingerprint density at radius 1 is 0.944 bits per heavy atom. The largest absolute Gasteiger partial charge is 0.497 e. The molecule has 2 aromatic rings. The van der Waals surface area contributed by atoms with Crippen LogP contribution >= 0.6 is 0 Å². The summed E-state index contributed by atoms with van der Waals surface area (Å²) in [5, 5.41) is 0. The van der Waals surface area contributed by atoms with Crippen molar-refractivity contribution >= 4 is 5.57 Å². The first-order valence-electron chi connectivity index (χ1n) is 5.40. The fraction of sp³-hybridized carbons (Fsp3) is 0.0667. The minimum atomic E-state index is -0.611. The molecule has 0 bridgehead atoms. The van der Waals surface area contributed by atoms with Crippen LogP contribution in [0.25, 0.3) is 5.57 Å². The van der Waals surface area contributed by atoms with Crippen LogP contribution < -0.4 is 4.74 Å². The van der Waals surface area contributed by atoms with Crippen LogP contribution in [0, 0.1) is 11.6 Å². The smallest absolute Gasteiger partial charge is 0.126 e. The van der Waals surface area contributed by atoms with E-state index < -0.39 is 11.6 Å². The average molecular weight is 246 g/mol. The molecule has 0 saturated carbocycles. The molecule has 0 aliphatic rings. The maximum atomic E-state index is 13.1. The number of hydrogen-bond donors (Lipinski definition) is 0. The van der Waals surface area contributed by atoms with E-state index in [1.165, 1.54) is 12.1 Å². The Morgan fingerprint density at radius 3 is 2.00 bits per heavy atom. The Bertz CT molecular complexity index is 553. The molecule has 0 atom stereocenters. The van der Waals surface area contributed by atoms with E-state index in [0.717, 1.165) is 17.4 Å². The van der Waals surface area contributed by atoms with E-state index >= 15 is 0 Å². The quantitative estimate of drug-likeness (QED) is 0.794. The zero-order valence-corrected chi connectivity index (χ0v) is 9.91. The minimum Gasteiger partial charge on any atom is -0.497 e. The van der Waals surface area contributed by atoms with Gasteiger partial charge in [-0.15, -0.1) is 0 Å². The molecule has 0 saturated heterocycles. The van der Waals surface area contributed by atoms with Gasteiger partial charge in [-0.05, 0) is 41.0 Å². The maximum absolute atomic E-state index is 13.1. The Labute approximate surface area is 104 Å². The van der Waals surface area contributed by atoms with Gasteiger partial charge in [0.1, 0.15) is 17.4 Å². The van der Waals surface area contributed by atoms with Crippen molar-refractivity contribution in [3.05, 3.63) is 71.8 Å². The summed E-state index contributed by atoms with van der Waals surface area (Å²) in [6, 6.07) is 10.5. The van der Waals surface area contributed by atoms with E-state index in [1.54, 1.807) is 31.4 Å². The first-order valence-corrected chi connectivity index (χ1v) is 5.40. The van der Waals surface area contributed by atoms with Gasteiger partial charge in [0.05, 0.1) is 7.11 Å². The molecule has 0 radical (unpaired) electrons. The molecule has 0 aromatic heterocycles.